The minimum atomic E-state index is 0.225. The van der Waals surface area contributed by atoms with Crippen LogP contribution in [-0.4, -0.2) is 10.8 Å². The molecule has 2 atom stereocenters. The van der Waals surface area contributed by atoms with Crippen LogP contribution in [0.2, 0.25) is 10.0 Å². The molecule has 104 valence electrons. The summed E-state index contributed by atoms with van der Waals surface area (Å²) in [5.74, 6) is 1.72. The molecule has 2 aliphatic rings. The highest BCUT2D eigenvalue weighted by Gasteiger charge is 2.54. The fraction of sp³-hybridized carbons (Fsp3) is 0.438. The second kappa shape index (κ2) is 4.51. The average molecular weight is 308 g/mol. The van der Waals surface area contributed by atoms with Crippen molar-refractivity contribution in [3.8, 4) is 0 Å². The van der Waals surface area contributed by atoms with Crippen LogP contribution in [0, 0.1) is 17.8 Å². The Kier molecular flexibility index (Phi) is 2.87. The van der Waals surface area contributed by atoms with Crippen molar-refractivity contribution < 1.29 is 4.79 Å². The molecule has 20 heavy (non-hydrogen) atoms. The number of hydrogen-bond donors (Lipinski definition) is 1. The number of carbonyl (C=O) groups excluding carboxylic acids is 1. The van der Waals surface area contributed by atoms with Crippen molar-refractivity contribution in [3.05, 3.63) is 33.9 Å². The molecule has 2 unspecified atom stereocenters. The maximum Gasteiger partial charge on any atom is 0.168 e. The van der Waals surface area contributed by atoms with Crippen LogP contribution in [0.25, 0.3) is 10.9 Å². The minimum absolute atomic E-state index is 0.225. The van der Waals surface area contributed by atoms with Gasteiger partial charge in [-0.25, -0.2) is 0 Å². The third kappa shape index (κ3) is 1.82. The Morgan fingerprint density at radius 1 is 1.15 bits per heavy atom. The molecule has 4 rings (SSSR count). The van der Waals surface area contributed by atoms with E-state index >= 15 is 0 Å². The van der Waals surface area contributed by atoms with E-state index < -0.39 is 0 Å². The lowest BCUT2D eigenvalue weighted by molar-refractivity contribution is 0.0958. The molecule has 2 fully saturated rings. The van der Waals surface area contributed by atoms with E-state index in [1.807, 2.05) is 6.07 Å². The van der Waals surface area contributed by atoms with Crippen molar-refractivity contribution in [1.82, 2.24) is 4.98 Å². The van der Waals surface area contributed by atoms with Crippen LogP contribution in [-0.2, 0) is 0 Å². The number of H-pyrrole nitrogens is 1. The van der Waals surface area contributed by atoms with E-state index in [-0.39, 0.29) is 11.7 Å². The number of hydrogen-bond acceptors (Lipinski definition) is 1. The monoisotopic (exact) mass is 307 g/mol. The van der Waals surface area contributed by atoms with Gasteiger partial charge in [0.1, 0.15) is 0 Å². The Labute approximate surface area is 127 Å². The zero-order chi connectivity index (χ0) is 13.9. The number of fused-ring (bicyclic) bond motifs is 2. The number of benzene rings is 1. The number of ketones is 1. The normalized spacial score (nSPS) is 28.4. The van der Waals surface area contributed by atoms with Gasteiger partial charge in [-0.2, -0.15) is 0 Å². The van der Waals surface area contributed by atoms with E-state index in [1.165, 1.54) is 25.7 Å². The van der Waals surface area contributed by atoms with Gasteiger partial charge in [0.15, 0.2) is 5.78 Å². The largest absolute Gasteiger partial charge is 0.360 e. The summed E-state index contributed by atoms with van der Waals surface area (Å²) in [7, 11) is 0. The average Bonchev–Trinajstić information content (AvgIpc) is 3.00. The van der Waals surface area contributed by atoms with Gasteiger partial charge < -0.3 is 4.98 Å². The standard InChI is InChI=1S/C16H15Cl2NO/c17-8-5-12(18)15-11(7-19-13(15)6-8)16(20)14-9-3-1-2-4-10(9)14/h5-7,9-10,14,19H,1-4H2. The highest BCUT2D eigenvalue weighted by atomic mass is 35.5. The lowest BCUT2D eigenvalue weighted by atomic mass is 10.0. The summed E-state index contributed by atoms with van der Waals surface area (Å²) in [5, 5.41) is 1.97. The molecular weight excluding hydrogens is 293 g/mol. The molecule has 2 nitrogen and oxygen atoms in total. The lowest BCUT2D eigenvalue weighted by Crippen LogP contribution is -2.03. The molecule has 0 radical (unpaired) electrons. The SMILES string of the molecule is O=C(c1c[nH]c2cc(Cl)cc(Cl)c12)C1C2CCCCC21. The van der Waals surface area contributed by atoms with E-state index in [9.17, 15) is 4.79 Å². The van der Waals surface area contributed by atoms with Crippen molar-refractivity contribution in [2.75, 3.05) is 0 Å². The molecule has 4 heteroatoms. The smallest absolute Gasteiger partial charge is 0.168 e. The Bertz CT molecular complexity index is 694. The van der Waals surface area contributed by atoms with Crippen LogP contribution in [0.4, 0.5) is 0 Å². The van der Waals surface area contributed by atoms with Gasteiger partial charge >= 0.3 is 0 Å². The second-order valence-corrected chi connectivity index (χ2v) is 6.86. The molecule has 1 aromatic heterocycles. The number of nitrogens with one attached hydrogen (secondary N) is 1. The van der Waals surface area contributed by atoms with Crippen molar-refractivity contribution in [1.29, 1.82) is 0 Å². The van der Waals surface area contributed by atoms with E-state index in [2.05, 4.69) is 4.98 Å². The van der Waals surface area contributed by atoms with E-state index in [0.717, 1.165) is 16.5 Å². The van der Waals surface area contributed by atoms with Crippen molar-refractivity contribution in [2.45, 2.75) is 25.7 Å². The van der Waals surface area contributed by atoms with Crippen LogP contribution in [0.15, 0.2) is 18.3 Å². The summed E-state index contributed by atoms with van der Waals surface area (Å²) in [6, 6.07) is 3.52. The predicted molar refractivity (Wildman–Crippen MR) is 81.6 cm³/mol. The summed E-state index contributed by atoms with van der Waals surface area (Å²) in [6.45, 7) is 0. The number of Topliss-reactive ketones (excluding diaryl/α,β-unsaturated/α-hetero) is 1. The van der Waals surface area contributed by atoms with Crippen LogP contribution >= 0.6 is 23.2 Å². The van der Waals surface area contributed by atoms with Crippen molar-refractivity contribution >= 4 is 39.9 Å². The van der Waals surface area contributed by atoms with Crippen LogP contribution in [0.1, 0.15) is 36.0 Å². The zero-order valence-electron chi connectivity index (χ0n) is 11.0. The third-order valence-corrected chi connectivity index (χ3v) is 5.44. The highest BCUT2D eigenvalue weighted by Crippen LogP contribution is 2.57. The quantitative estimate of drug-likeness (QED) is 0.770. The molecule has 0 saturated heterocycles. The van der Waals surface area contributed by atoms with Gasteiger partial charge in [-0.3, -0.25) is 4.79 Å². The van der Waals surface area contributed by atoms with Gasteiger partial charge in [0.05, 0.1) is 5.02 Å². The maximum atomic E-state index is 12.8. The molecule has 0 amide bonds. The molecule has 2 aliphatic carbocycles. The number of aromatic amines is 1. The molecular formula is C16H15Cl2NO. The minimum Gasteiger partial charge on any atom is -0.360 e. The van der Waals surface area contributed by atoms with Crippen LogP contribution < -0.4 is 0 Å². The molecule has 1 heterocycles. The number of carbonyl (C=O) groups is 1. The van der Waals surface area contributed by atoms with Gasteiger partial charge in [-0.15, -0.1) is 0 Å². The first-order valence-corrected chi connectivity index (χ1v) is 7.93. The second-order valence-electron chi connectivity index (χ2n) is 6.01. The first-order chi connectivity index (χ1) is 9.66. The topological polar surface area (TPSA) is 32.9 Å². The summed E-state index contributed by atoms with van der Waals surface area (Å²) in [6.07, 6.45) is 6.76. The van der Waals surface area contributed by atoms with Gasteiger partial charge in [-0.1, -0.05) is 36.0 Å². The fourth-order valence-electron chi connectivity index (χ4n) is 3.94. The number of rotatable bonds is 2. The molecule has 1 N–H and O–H groups in total. The lowest BCUT2D eigenvalue weighted by Gasteiger charge is -2.04. The van der Waals surface area contributed by atoms with Crippen molar-refractivity contribution in [2.24, 2.45) is 17.8 Å². The molecule has 2 aromatic rings. The van der Waals surface area contributed by atoms with Gasteiger partial charge in [0.2, 0.25) is 0 Å². The fourth-order valence-corrected chi connectivity index (χ4v) is 4.53. The Morgan fingerprint density at radius 3 is 2.55 bits per heavy atom. The summed E-state index contributed by atoms with van der Waals surface area (Å²) < 4.78 is 0. The predicted octanol–water partition coefficient (Wildman–Crippen LogP) is 5.09. The molecule has 0 bridgehead atoms. The summed E-state index contributed by atoms with van der Waals surface area (Å²) in [5.41, 5.74) is 1.58. The van der Waals surface area contributed by atoms with E-state index in [0.29, 0.717) is 21.9 Å². The Balaban J connectivity index is 1.74. The van der Waals surface area contributed by atoms with Gasteiger partial charge in [0.25, 0.3) is 0 Å². The van der Waals surface area contributed by atoms with Gasteiger partial charge in [0, 0.05) is 33.6 Å². The number of halogens is 2. The molecule has 0 spiro atoms. The number of aromatic nitrogens is 1. The Morgan fingerprint density at radius 2 is 1.85 bits per heavy atom. The van der Waals surface area contributed by atoms with Crippen molar-refractivity contribution in [3.63, 3.8) is 0 Å². The third-order valence-electron chi connectivity index (χ3n) is 4.92. The first kappa shape index (κ1) is 12.7. The molecule has 1 aromatic carbocycles. The zero-order valence-corrected chi connectivity index (χ0v) is 12.5. The van der Waals surface area contributed by atoms with Crippen LogP contribution in [0.5, 0.6) is 0 Å². The molecule has 2 saturated carbocycles. The van der Waals surface area contributed by atoms with E-state index in [1.54, 1.807) is 12.3 Å². The van der Waals surface area contributed by atoms with E-state index in [4.69, 9.17) is 23.2 Å². The van der Waals surface area contributed by atoms with Gasteiger partial charge in [-0.05, 0) is 36.8 Å². The first-order valence-electron chi connectivity index (χ1n) is 7.17. The highest BCUT2D eigenvalue weighted by molar-refractivity contribution is 6.39. The summed E-state index contributed by atoms with van der Waals surface area (Å²) in [4.78, 5) is 15.9. The van der Waals surface area contributed by atoms with Crippen LogP contribution in [0.3, 0.4) is 0 Å². The Hall–Kier alpha value is -0.990. The maximum absolute atomic E-state index is 12.8. The summed E-state index contributed by atoms with van der Waals surface area (Å²) >= 11 is 12.3. The molecule has 0 aliphatic heterocycles.